The molecule has 0 aliphatic heterocycles. The van der Waals surface area contributed by atoms with E-state index in [2.05, 4.69) is 26.2 Å². The Labute approximate surface area is 188 Å². The van der Waals surface area contributed by atoms with Crippen molar-refractivity contribution in [1.82, 2.24) is 30.3 Å². The van der Waals surface area contributed by atoms with Gasteiger partial charge in [-0.1, -0.05) is 17.7 Å². The second-order valence-corrected chi connectivity index (χ2v) is 8.20. The van der Waals surface area contributed by atoms with E-state index in [1.54, 1.807) is 5.48 Å². The topological polar surface area (TPSA) is 148 Å². The van der Waals surface area contributed by atoms with Crippen LogP contribution in [0.15, 0.2) is 28.5 Å². The van der Waals surface area contributed by atoms with Crippen LogP contribution in [-0.2, 0) is 17.8 Å². The van der Waals surface area contributed by atoms with Crippen LogP contribution in [0.3, 0.4) is 0 Å². The van der Waals surface area contributed by atoms with Crippen LogP contribution >= 0.6 is 11.8 Å². The van der Waals surface area contributed by atoms with Gasteiger partial charge in [-0.15, -0.1) is 6.42 Å². The van der Waals surface area contributed by atoms with Crippen molar-refractivity contribution in [3.8, 4) is 12.3 Å². The Morgan fingerprint density at radius 3 is 2.94 bits per heavy atom. The third-order valence-electron chi connectivity index (χ3n) is 5.17. The molecule has 0 saturated heterocycles. The second kappa shape index (κ2) is 9.35. The predicted octanol–water partition coefficient (Wildman–Crippen LogP) is 1.15. The molecule has 32 heavy (non-hydrogen) atoms. The number of ketones is 1. The van der Waals surface area contributed by atoms with Gasteiger partial charge in [0.25, 0.3) is 0 Å². The highest BCUT2D eigenvalue weighted by Gasteiger charge is 2.23. The van der Waals surface area contributed by atoms with E-state index in [-0.39, 0.29) is 18.0 Å². The van der Waals surface area contributed by atoms with Gasteiger partial charge in [0.15, 0.2) is 27.9 Å². The van der Waals surface area contributed by atoms with E-state index in [1.165, 1.54) is 18.1 Å². The third-order valence-corrected chi connectivity index (χ3v) is 6.23. The van der Waals surface area contributed by atoms with Gasteiger partial charge in [-0.25, -0.2) is 20.4 Å². The number of carbonyl (C=O) groups excluding carboxylic acids is 2. The average molecular weight is 452 g/mol. The number of carbonyl (C=O) groups is 2. The number of imidazole rings is 1. The summed E-state index contributed by atoms with van der Waals surface area (Å²) in [5, 5.41) is 12.3. The molecule has 1 amide bonds. The lowest BCUT2D eigenvalue weighted by Gasteiger charge is -2.11. The van der Waals surface area contributed by atoms with Crippen LogP contribution < -0.4 is 16.5 Å². The van der Waals surface area contributed by atoms with Crippen LogP contribution in [0.5, 0.6) is 0 Å². The first kappa shape index (κ1) is 21.8. The van der Waals surface area contributed by atoms with Gasteiger partial charge in [0.1, 0.15) is 6.33 Å². The van der Waals surface area contributed by atoms with E-state index >= 15 is 0 Å². The normalized spacial score (nSPS) is 12.7. The standard InChI is InChI=1S/C21H21N7O3S/c1-2-12-9-13-3-4-15(29)14(13)10-16(12)32-21-26-18-19(22)24-11-25-20(18)28(21)8-7-23-6-5-17(30)27-31/h1,9-11,23,31H,3-8H2,(H,27,30)(H2,22,24,25). The van der Waals surface area contributed by atoms with Crippen molar-refractivity contribution < 1.29 is 14.8 Å². The lowest BCUT2D eigenvalue weighted by molar-refractivity contribution is -0.129. The molecule has 3 aromatic rings. The number of hydrogen-bond donors (Lipinski definition) is 4. The third kappa shape index (κ3) is 4.29. The van der Waals surface area contributed by atoms with Crippen LogP contribution in [0.2, 0.25) is 0 Å². The molecule has 11 heteroatoms. The fourth-order valence-electron chi connectivity index (χ4n) is 3.56. The van der Waals surface area contributed by atoms with Crippen molar-refractivity contribution in [2.75, 3.05) is 18.8 Å². The number of amides is 1. The Kier molecular flexibility index (Phi) is 6.36. The van der Waals surface area contributed by atoms with Crippen LogP contribution in [0.1, 0.15) is 34.3 Å². The highest BCUT2D eigenvalue weighted by Crippen LogP contribution is 2.36. The number of fused-ring (bicyclic) bond motifs is 2. The number of aryl methyl sites for hydroxylation is 1. The molecule has 2 heterocycles. The highest BCUT2D eigenvalue weighted by molar-refractivity contribution is 7.99. The van der Waals surface area contributed by atoms with Crippen molar-refractivity contribution in [1.29, 1.82) is 0 Å². The molecule has 1 aromatic carbocycles. The van der Waals surface area contributed by atoms with Gasteiger partial charge < -0.3 is 15.6 Å². The summed E-state index contributed by atoms with van der Waals surface area (Å²) in [6.45, 7) is 1.41. The van der Waals surface area contributed by atoms with Gasteiger partial charge in [0.05, 0.1) is 0 Å². The number of nitrogens with one attached hydrogen (secondary N) is 2. The minimum Gasteiger partial charge on any atom is -0.382 e. The van der Waals surface area contributed by atoms with E-state index < -0.39 is 5.91 Å². The molecule has 0 bridgehead atoms. The van der Waals surface area contributed by atoms with E-state index in [0.29, 0.717) is 59.9 Å². The summed E-state index contributed by atoms with van der Waals surface area (Å²) in [7, 11) is 0. The number of rotatable bonds is 8. The fourth-order valence-corrected chi connectivity index (χ4v) is 4.58. The molecular weight excluding hydrogens is 430 g/mol. The number of hydrogen-bond acceptors (Lipinski definition) is 9. The number of hydroxylamine groups is 1. The van der Waals surface area contributed by atoms with Crippen molar-refractivity contribution in [2.45, 2.75) is 35.9 Å². The molecule has 5 N–H and O–H groups in total. The summed E-state index contributed by atoms with van der Waals surface area (Å²) in [6, 6.07) is 3.74. The Hall–Kier alpha value is -3.46. The predicted molar refractivity (Wildman–Crippen MR) is 118 cm³/mol. The number of aromatic nitrogens is 4. The average Bonchev–Trinajstić information content (AvgIpc) is 3.33. The van der Waals surface area contributed by atoms with Crippen LogP contribution in [0.4, 0.5) is 5.82 Å². The van der Waals surface area contributed by atoms with Crippen molar-refractivity contribution >= 4 is 40.4 Å². The number of nitrogen functional groups attached to an aromatic ring is 1. The maximum absolute atomic E-state index is 12.2. The molecule has 10 nitrogen and oxygen atoms in total. The van der Waals surface area contributed by atoms with E-state index in [1.807, 2.05) is 16.7 Å². The zero-order valence-electron chi connectivity index (χ0n) is 17.1. The first-order chi connectivity index (χ1) is 15.5. The van der Waals surface area contributed by atoms with Gasteiger partial charge in [-0.05, 0) is 24.1 Å². The Morgan fingerprint density at radius 1 is 1.31 bits per heavy atom. The number of nitrogens with zero attached hydrogens (tertiary/aromatic N) is 4. The molecule has 1 aliphatic carbocycles. The van der Waals surface area contributed by atoms with Gasteiger partial charge in [-0.3, -0.25) is 14.8 Å². The SMILES string of the molecule is C#Cc1cc2c(cc1Sc1nc3c(N)ncnc3n1CCNCCC(=O)NO)C(=O)CC2. The Morgan fingerprint density at radius 2 is 2.16 bits per heavy atom. The molecular formula is C21H21N7O3S. The lowest BCUT2D eigenvalue weighted by Crippen LogP contribution is -2.27. The van der Waals surface area contributed by atoms with Gasteiger partial charge >= 0.3 is 0 Å². The monoisotopic (exact) mass is 451 g/mol. The summed E-state index contributed by atoms with van der Waals surface area (Å²) in [5.41, 5.74) is 11.1. The van der Waals surface area contributed by atoms with Crippen LogP contribution in [0, 0.1) is 12.3 Å². The zero-order chi connectivity index (χ0) is 22.7. The first-order valence-electron chi connectivity index (χ1n) is 9.96. The van der Waals surface area contributed by atoms with E-state index in [0.717, 1.165) is 10.5 Å². The van der Waals surface area contributed by atoms with E-state index in [4.69, 9.17) is 17.4 Å². The molecule has 0 unspecified atom stereocenters. The number of terminal acetylenes is 1. The highest BCUT2D eigenvalue weighted by atomic mass is 32.2. The molecule has 1 aliphatic rings. The summed E-state index contributed by atoms with van der Waals surface area (Å²) < 4.78 is 1.90. The summed E-state index contributed by atoms with van der Waals surface area (Å²) in [6.07, 6.45) is 8.47. The Bertz CT molecular complexity index is 1250. The second-order valence-electron chi connectivity index (χ2n) is 7.19. The molecule has 4 rings (SSSR count). The molecule has 164 valence electrons. The smallest absolute Gasteiger partial charge is 0.244 e. The fraction of sp³-hybridized carbons (Fsp3) is 0.286. The molecule has 0 spiro atoms. The molecule has 0 radical (unpaired) electrons. The lowest BCUT2D eigenvalue weighted by atomic mass is 10.1. The van der Waals surface area contributed by atoms with E-state index in [9.17, 15) is 9.59 Å². The molecule has 2 aromatic heterocycles. The van der Waals surface area contributed by atoms with Crippen molar-refractivity contribution in [2.24, 2.45) is 0 Å². The summed E-state index contributed by atoms with van der Waals surface area (Å²) in [5.74, 6) is 2.63. The number of nitrogens with two attached hydrogens (primary N) is 1. The van der Waals surface area contributed by atoms with Crippen LogP contribution in [0.25, 0.3) is 11.2 Å². The number of Topliss-reactive ketones (excluding diaryl/α,β-unsaturated/α-hetero) is 1. The zero-order valence-corrected chi connectivity index (χ0v) is 17.9. The number of anilines is 1. The molecule has 0 fully saturated rings. The van der Waals surface area contributed by atoms with Crippen LogP contribution in [-0.4, -0.2) is 49.5 Å². The van der Waals surface area contributed by atoms with Gasteiger partial charge in [-0.2, -0.15) is 0 Å². The van der Waals surface area contributed by atoms with Crippen molar-refractivity contribution in [3.63, 3.8) is 0 Å². The molecule has 0 atom stereocenters. The quantitative estimate of drug-likeness (QED) is 0.171. The summed E-state index contributed by atoms with van der Waals surface area (Å²) in [4.78, 5) is 37.1. The summed E-state index contributed by atoms with van der Waals surface area (Å²) >= 11 is 1.35. The molecule has 0 saturated carbocycles. The number of benzene rings is 1. The minimum absolute atomic E-state index is 0.116. The maximum atomic E-state index is 12.2. The minimum atomic E-state index is -0.463. The largest absolute Gasteiger partial charge is 0.382 e. The Balaban J connectivity index is 1.63. The first-order valence-corrected chi connectivity index (χ1v) is 10.8. The maximum Gasteiger partial charge on any atom is 0.244 e. The van der Waals surface area contributed by atoms with Gasteiger partial charge in [0, 0.05) is 48.5 Å². The van der Waals surface area contributed by atoms with Crippen molar-refractivity contribution in [3.05, 3.63) is 35.2 Å². The van der Waals surface area contributed by atoms with Gasteiger partial charge in [0.2, 0.25) is 5.91 Å².